The minimum Gasteiger partial charge on any atom is -0.293 e. The number of nitrogen functional groups attached to an aromatic ring is 1. The van der Waals surface area contributed by atoms with Crippen LogP contribution >= 0.6 is 40.7 Å². The number of halogens is 3. The molecule has 0 saturated heterocycles. The summed E-state index contributed by atoms with van der Waals surface area (Å²) in [4.78, 5) is 4.06. The number of benzene rings is 1. The van der Waals surface area contributed by atoms with Gasteiger partial charge in [-0.1, -0.05) is 30.3 Å². The molecule has 0 aliphatic heterocycles. The van der Waals surface area contributed by atoms with Gasteiger partial charge < -0.3 is 0 Å². The van der Waals surface area contributed by atoms with E-state index in [0.29, 0.717) is 17.2 Å². The van der Waals surface area contributed by atoms with Gasteiger partial charge in [0.2, 0.25) is 10.7 Å². The predicted molar refractivity (Wildman–Crippen MR) is 75.6 cm³/mol. The van der Waals surface area contributed by atoms with Crippen molar-refractivity contribution in [2.24, 2.45) is 5.84 Å². The minimum absolute atomic E-state index is 0. The predicted octanol–water partition coefficient (Wildman–Crippen LogP) is 2.22. The van der Waals surface area contributed by atoms with Crippen molar-refractivity contribution in [1.29, 1.82) is 0 Å². The van der Waals surface area contributed by atoms with Gasteiger partial charge in [-0.2, -0.15) is 4.98 Å². The number of rotatable bonds is 3. The van der Waals surface area contributed by atoms with E-state index in [1.807, 2.05) is 30.3 Å². The van der Waals surface area contributed by atoms with Crippen molar-refractivity contribution in [2.75, 3.05) is 5.43 Å². The van der Waals surface area contributed by atoms with E-state index in [9.17, 15) is 0 Å². The summed E-state index contributed by atoms with van der Waals surface area (Å²) in [6, 6.07) is 9.99. The average molecular weight is 341 g/mol. The molecular weight excluding hydrogens is 329 g/mol. The second-order valence-electron chi connectivity index (χ2n) is 2.99. The van der Waals surface area contributed by atoms with Gasteiger partial charge in [0.15, 0.2) is 0 Å². The summed E-state index contributed by atoms with van der Waals surface area (Å²) in [6.45, 7) is 0.638. The summed E-state index contributed by atoms with van der Waals surface area (Å²) in [5.74, 6) is 5.86. The number of nitrogens with one attached hydrogen (secondary N) is 1. The summed E-state index contributed by atoms with van der Waals surface area (Å²) < 4.78 is 2.21. The van der Waals surface area contributed by atoms with Gasteiger partial charge in [0.1, 0.15) is 0 Å². The van der Waals surface area contributed by atoms with E-state index in [1.165, 1.54) is 0 Å². The monoisotopic (exact) mass is 339 g/mol. The fraction of sp³-hybridized carbons (Fsp3) is 0.111. The second-order valence-corrected chi connectivity index (χ2v) is 3.70. The van der Waals surface area contributed by atoms with Crippen LogP contribution in [0.25, 0.3) is 0 Å². The number of hydrogen-bond acceptors (Lipinski definition) is 4. The number of hydrazine groups is 1. The Bertz CT molecular complexity index is 448. The molecule has 1 aromatic carbocycles. The van der Waals surface area contributed by atoms with Gasteiger partial charge in [0.05, 0.1) is 6.54 Å². The highest BCUT2D eigenvalue weighted by atomic mass is 79.9. The van der Waals surface area contributed by atoms with E-state index in [-0.39, 0.29) is 24.8 Å². The van der Waals surface area contributed by atoms with E-state index < -0.39 is 0 Å². The lowest BCUT2D eigenvalue weighted by molar-refractivity contribution is 0.686. The lowest BCUT2D eigenvalue weighted by Gasteiger charge is -2.04. The smallest absolute Gasteiger partial charge is 0.236 e. The van der Waals surface area contributed by atoms with Crippen LogP contribution in [0, 0.1) is 0 Å². The molecule has 3 N–H and O–H groups in total. The standard InChI is InChI=1S/C9H10BrN5.2ClH/c10-8-12-9(13-11)15(14-8)6-7-4-2-1-3-5-7;;/h1-5H,6,11H2,(H,12,13,14);2*1H. The first-order valence-corrected chi connectivity index (χ1v) is 5.20. The molecule has 0 radical (unpaired) electrons. The van der Waals surface area contributed by atoms with E-state index in [2.05, 4.69) is 31.4 Å². The van der Waals surface area contributed by atoms with E-state index in [4.69, 9.17) is 5.84 Å². The van der Waals surface area contributed by atoms with Crippen LogP contribution in [0.3, 0.4) is 0 Å². The Labute approximate surface area is 120 Å². The third-order valence-electron chi connectivity index (χ3n) is 1.95. The van der Waals surface area contributed by atoms with Crippen LogP contribution in [0.5, 0.6) is 0 Å². The molecule has 0 amide bonds. The Morgan fingerprint density at radius 2 is 1.88 bits per heavy atom. The van der Waals surface area contributed by atoms with Crippen molar-refractivity contribution in [2.45, 2.75) is 6.54 Å². The molecule has 0 saturated carbocycles. The van der Waals surface area contributed by atoms with Crippen LogP contribution in [0.15, 0.2) is 35.1 Å². The Balaban J connectivity index is 0.00000128. The van der Waals surface area contributed by atoms with Gasteiger partial charge in [0, 0.05) is 0 Å². The quantitative estimate of drug-likeness (QED) is 0.664. The Kier molecular flexibility index (Phi) is 7.13. The van der Waals surface area contributed by atoms with E-state index >= 15 is 0 Å². The molecule has 0 atom stereocenters. The summed E-state index contributed by atoms with van der Waals surface area (Å²) >= 11 is 3.20. The zero-order chi connectivity index (χ0) is 10.7. The molecule has 0 fully saturated rings. The van der Waals surface area contributed by atoms with E-state index in [0.717, 1.165) is 5.56 Å². The molecular formula is C9H12BrCl2N5. The van der Waals surface area contributed by atoms with Crippen molar-refractivity contribution in [3.05, 3.63) is 40.6 Å². The summed E-state index contributed by atoms with van der Waals surface area (Å²) in [5, 5.41) is 4.16. The fourth-order valence-corrected chi connectivity index (χ4v) is 1.65. The van der Waals surface area contributed by atoms with Gasteiger partial charge in [-0.3, -0.25) is 5.43 Å². The van der Waals surface area contributed by atoms with Crippen LogP contribution in [-0.2, 0) is 6.54 Å². The molecule has 0 spiro atoms. The molecule has 1 aromatic heterocycles. The zero-order valence-corrected chi connectivity index (χ0v) is 11.9. The number of nitrogens with two attached hydrogens (primary N) is 1. The van der Waals surface area contributed by atoms with Crippen molar-refractivity contribution in [3.8, 4) is 0 Å². The molecule has 5 nitrogen and oxygen atoms in total. The lowest BCUT2D eigenvalue weighted by atomic mass is 10.2. The largest absolute Gasteiger partial charge is 0.293 e. The SMILES string of the molecule is Cl.Cl.NNc1nc(Br)nn1Cc1ccccc1. The normalized spacial score (nSPS) is 9.06. The number of nitrogens with zero attached hydrogens (tertiary/aromatic N) is 3. The first kappa shape index (κ1) is 16.2. The highest BCUT2D eigenvalue weighted by Crippen LogP contribution is 2.11. The molecule has 94 valence electrons. The van der Waals surface area contributed by atoms with Gasteiger partial charge >= 0.3 is 0 Å². The van der Waals surface area contributed by atoms with Crippen LogP contribution in [0.1, 0.15) is 5.56 Å². The molecule has 0 unspecified atom stereocenters. The van der Waals surface area contributed by atoms with E-state index in [1.54, 1.807) is 4.68 Å². The Morgan fingerprint density at radius 3 is 2.47 bits per heavy atom. The molecule has 0 bridgehead atoms. The minimum atomic E-state index is 0. The van der Waals surface area contributed by atoms with Crippen molar-refractivity contribution in [1.82, 2.24) is 14.8 Å². The third kappa shape index (κ3) is 4.16. The molecule has 8 heteroatoms. The maximum absolute atomic E-state index is 5.32. The highest BCUT2D eigenvalue weighted by molar-refractivity contribution is 9.10. The van der Waals surface area contributed by atoms with Gasteiger partial charge in [-0.25, -0.2) is 10.5 Å². The Hall–Kier alpha value is -0.820. The van der Waals surface area contributed by atoms with Gasteiger partial charge in [-0.15, -0.1) is 29.9 Å². The molecule has 2 aromatic rings. The zero-order valence-electron chi connectivity index (χ0n) is 8.71. The van der Waals surface area contributed by atoms with Crippen molar-refractivity contribution < 1.29 is 0 Å². The summed E-state index contributed by atoms with van der Waals surface area (Å²) in [6.07, 6.45) is 0. The second kappa shape index (κ2) is 7.50. The van der Waals surface area contributed by atoms with Gasteiger partial charge in [0.25, 0.3) is 0 Å². The van der Waals surface area contributed by atoms with Crippen LogP contribution in [0.4, 0.5) is 5.95 Å². The van der Waals surface area contributed by atoms with Crippen molar-refractivity contribution >= 4 is 46.7 Å². The van der Waals surface area contributed by atoms with Crippen LogP contribution in [0.2, 0.25) is 0 Å². The molecule has 0 aliphatic carbocycles. The Morgan fingerprint density at radius 1 is 1.24 bits per heavy atom. The topological polar surface area (TPSA) is 68.8 Å². The van der Waals surface area contributed by atoms with Crippen molar-refractivity contribution in [3.63, 3.8) is 0 Å². The summed E-state index contributed by atoms with van der Waals surface area (Å²) in [5.41, 5.74) is 3.64. The molecule has 1 heterocycles. The first-order chi connectivity index (χ1) is 7.29. The highest BCUT2D eigenvalue weighted by Gasteiger charge is 2.06. The van der Waals surface area contributed by atoms with Gasteiger partial charge in [-0.05, 0) is 21.5 Å². The molecule has 0 aliphatic rings. The first-order valence-electron chi connectivity index (χ1n) is 4.40. The van der Waals surface area contributed by atoms with Crippen LogP contribution in [-0.4, -0.2) is 14.8 Å². The fourth-order valence-electron chi connectivity index (χ4n) is 1.29. The maximum atomic E-state index is 5.32. The number of hydrogen-bond donors (Lipinski definition) is 2. The molecule has 17 heavy (non-hydrogen) atoms. The lowest BCUT2D eigenvalue weighted by Crippen LogP contribution is -2.14. The number of aromatic nitrogens is 3. The third-order valence-corrected chi connectivity index (χ3v) is 2.29. The number of anilines is 1. The van der Waals surface area contributed by atoms with Crippen LogP contribution < -0.4 is 11.3 Å². The average Bonchev–Trinajstić information content (AvgIpc) is 2.60. The summed E-state index contributed by atoms with van der Waals surface area (Å²) in [7, 11) is 0. The maximum Gasteiger partial charge on any atom is 0.236 e. The molecule has 2 rings (SSSR count).